The first-order valence-electron chi connectivity index (χ1n) is 8.15. The van der Waals surface area contributed by atoms with Gasteiger partial charge < -0.3 is 5.11 Å². The molecule has 1 aliphatic heterocycles. The van der Waals surface area contributed by atoms with Crippen molar-refractivity contribution in [1.82, 2.24) is 9.78 Å². The fourth-order valence-corrected chi connectivity index (χ4v) is 3.24. The minimum absolute atomic E-state index is 0.0647. The van der Waals surface area contributed by atoms with Gasteiger partial charge in [0.2, 0.25) is 0 Å². The average molecular weight is 380 g/mol. The van der Waals surface area contributed by atoms with Crippen molar-refractivity contribution in [2.45, 2.75) is 6.92 Å². The molecule has 7 heteroatoms. The Balaban J connectivity index is 1.82. The number of fused-ring (bicyclic) bond motifs is 1. The van der Waals surface area contributed by atoms with Crippen LogP contribution in [0.4, 0.5) is 5.69 Å². The van der Waals surface area contributed by atoms with Gasteiger partial charge >= 0.3 is 5.97 Å². The van der Waals surface area contributed by atoms with E-state index in [1.807, 2.05) is 24.3 Å². The Bertz CT molecular complexity index is 1200. The van der Waals surface area contributed by atoms with Crippen LogP contribution in [0.15, 0.2) is 52.3 Å². The quantitative estimate of drug-likeness (QED) is 0.718. The normalized spacial score (nSPS) is 13.9. The summed E-state index contributed by atoms with van der Waals surface area (Å²) < 4.78 is 1.31. The van der Waals surface area contributed by atoms with E-state index in [-0.39, 0.29) is 16.1 Å². The molecular formula is C20H14ClN3O3. The minimum atomic E-state index is -1.15. The summed E-state index contributed by atoms with van der Waals surface area (Å²) in [6.45, 7) is 1.79. The standard InChI is InChI=1S/C20H14ClN3O3/c1-11-15(8-12-10-22-18-5-3-2-4-14(12)18)19(25)24(23-11)13-6-7-17(21)16(9-13)20(26)27/h2-10,23H,1H3,(H,26,27)/b12-8+. The molecule has 0 amide bonds. The molecule has 134 valence electrons. The maximum absolute atomic E-state index is 12.9. The first-order chi connectivity index (χ1) is 13.0. The maximum atomic E-state index is 12.9. The van der Waals surface area contributed by atoms with Crippen LogP contribution in [-0.2, 0) is 0 Å². The molecule has 6 nitrogen and oxygen atoms in total. The number of benzene rings is 2. The molecule has 0 saturated heterocycles. The molecular weight excluding hydrogens is 366 g/mol. The summed E-state index contributed by atoms with van der Waals surface area (Å²) in [5.41, 5.74) is 3.87. The van der Waals surface area contributed by atoms with Crippen LogP contribution < -0.4 is 5.56 Å². The van der Waals surface area contributed by atoms with E-state index in [0.717, 1.165) is 16.8 Å². The molecule has 2 N–H and O–H groups in total. The van der Waals surface area contributed by atoms with Crippen molar-refractivity contribution in [2.75, 3.05) is 0 Å². The Morgan fingerprint density at radius 3 is 2.81 bits per heavy atom. The van der Waals surface area contributed by atoms with E-state index in [0.29, 0.717) is 16.9 Å². The summed E-state index contributed by atoms with van der Waals surface area (Å²) in [4.78, 5) is 28.6. The van der Waals surface area contributed by atoms with E-state index in [2.05, 4.69) is 10.1 Å². The summed E-state index contributed by atoms with van der Waals surface area (Å²) >= 11 is 5.91. The van der Waals surface area contributed by atoms with Crippen molar-refractivity contribution >= 4 is 41.1 Å². The fourth-order valence-electron chi connectivity index (χ4n) is 3.04. The van der Waals surface area contributed by atoms with E-state index in [9.17, 15) is 14.7 Å². The smallest absolute Gasteiger partial charge is 0.337 e. The zero-order valence-corrected chi connectivity index (χ0v) is 15.0. The highest BCUT2D eigenvalue weighted by Gasteiger charge is 2.17. The Morgan fingerprint density at radius 1 is 1.26 bits per heavy atom. The number of aliphatic imine (C=N–C) groups is 1. The van der Waals surface area contributed by atoms with Crippen LogP contribution in [-0.4, -0.2) is 27.1 Å². The monoisotopic (exact) mass is 379 g/mol. The van der Waals surface area contributed by atoms with Crippen LogP contribution in [0.25, 0.3) is 17.3 Å². The molecule has 3 aromatic rings. The second-order valence-electron chi connectivity index (χ2n) is 6.14. The zero-order valence-electron chi connectivity index (χ0n) is 14.2. The lowest BCUT2D eigenvalue weighted by atomic mass is 10.0. The lowest BCUT2D eigenvalue weighted by Crippen LogP contribution is -2.16. The molecule has 0 radical (unpaired) electrons. The van der Waals surface area contributed by atoms with Crippen molar-refractivity contribution in [2.24, 2.45) is 4.99 Å². The highest BCUT2D eigenvalue weighted by molar-refractivity contribution is 6.33. The highest BCUT2D eigenvalue weighted by Crippen LogP contribution is 2.32. The zero-order chi connectivity index (χ0) is 19.1. The first kappa shape index (κ1) is 17.1. The van der Waals surface area contributed by atoms with Crippen LogP contribution in [0.2, 0.25) is 5.02 Å². The number of hydrogen-bond acceptors (Lipinski definition) is 3. The molecule has 4 rings (SSSR count). The van der Waals surface area contributed by atoms with Gasteiger partial charge in [-0.05, 0) is 37.3 Å². The van der Waals surface area contributed by atoms with E-state index in [1.165, 1.54) is 16.8 Å². The van der Waals surface area contributed by atoms with Crippen molar-refractivity contribution in [3.63, 3.8) is 0 Å². The third kappa shape index (κ3) is 2.90. The Hall–Kier alpha value is -3.38. The van der Waals surface area contributed by atoms with Crippen molar-refractivity contribution < 1.29 is 9.90 Å². The molecule has 27 heavy (non-hydrogen) atoms. The number of carbonyl (C=O) groups is 1. The number of hydrogen-bond donors (Lipinski definition) is 2. The van der Waals surface area contributed by atoms with E-state index >= 15 is 0 Å². The Kier molecular flexibility index (Phi) is 4.05. The lowest BCUT2D eigenvalue weighted by molar-refractivity contribution is 0.0697. The number of carboxylic acid groups (broad SMARTS) is 1. The van der Waals surface area contributed by atoms with Crippen LogP contribution in [0.5, 0.6) is 0 Å². The maximum Gasteiger partial charge on any atom is 0.337 e. The number of allylic oxidation sites excluding steroid dienone is 1. The average Bonchev–Trinajstić information content (AvgIpc) is 3.18. The third-order valence-corrected chi connectivity index (χ3v) is 4.74. The Morgan fingerprint density at radius 2 is 2.04 bits per heavy atom. The van der Waals surface area contributed by atoms with Gasteiger partial charge in [-0.15, -0.1) is 0 Å². The second kappa shape index (κ2) is 6.41. The highest BCUT2D eigenvalue weighted by atomic mass is 35.5. The molecule has 0 bridgehead atoms. The number of H-pyrrole nitrogens is 1. The topological polar surface area (TPSA) is 87.5 Å². The number of para-hydroxylation sites is 1. The number of aromatic amines is 1. The van der Waals surface area contributed by atoms with Crippen molar-refractivity contribution in [3.8, 4) is 5.69 Å². The number of carboxylic acids is 1. The van der Waals surface area contributed by atoms with Crippen molar-refractivity contribution in [1.29, 1.82) is 0 Å². The molecule has 0 spiro atoms. The summed E-state index contributed by atoms with van der Waals surface area (Å²) in [5, 5.41) is 12.3. The molecule has 0 aliphatic carbocycles. The number of rotatable bonds is 3. The largest absolute Gasteiger partial charge is 0.478 e. The van der Waals surface area contributed by atoms with Gasteiger partial charge in [-0.25, -0.2) is 9.48 Å². The summed E-state index contributed by atoms with van der Waals surface area (Å²) in [7, 11) is 0. The number of nitrogens with one attached hydrogen (secondary N) is 1. The summed E-state index contributed by atoms with van der Waals surface area (Å²) in [6.07, 6.45) is 3.51. The molecule has 0 unspecified atom stereocenters. The molecule has 0 saturated carbocycles. The first-order valence-corrected chi connectivity index (χ1v) is 8.53. The third-order valence-electron chi connectivity index (χ3n) is 4.41. The van der Waals surface area contributed by atoms with Gasteiger partial charge in [-0.1, -0.05) is 29.8 Å². The van der Waals surface area contributed by atoms with Gasteiger partial charge in [0.1, 0.15) is 0 Å². The van der Waals surface area contributed by atoms with E-state index in [1.54, 1.807) is 25.3 Å². The second-order valence-corrected chi connectivity index (χ2v) is 6.54. The van der Waals surface area contributed by atoms with Gasteiger partial charge in [0.15, 0.2) is 0 Å². The van der Waals surface area contributed by atoms with Crippen LogP contribution in [0.1, 0.15) is 27.2 Å². The van der Waals surface area contributed by atoms with Crippen LogP contribution >= 0.6 is 11.6 Å². The molecule has 2 heterocycles. The summed E-state index contributed by atoms with van der Waals surface area (Å²) in [6, 6.07) is 12.1. The SMILES string of the molecule is Cc1[nH]n(-c2ccc(Cl)c(C(=O)O)c2)c(=O)c1/C=C1\C=Nc2ccccc21. The number of aromatic carboxylic acids is 1. The lowest BCUT2D eigenvalue weighted by Gasteiger charge is -2.04. The molecule has 1 aromatic heterocycles. The number of aryl methyl sites for hydroxylation is 1. The van der Waals surface area contributed by atoms with Gasteiger partial charge in [0.25, 0.3) is 5.56 Å². The minimum Gasteiger partial charge on any atom is -0.478 e. The van der Waals surface area contributed by atoms with Gasteiger partial charge in [-0.2, -0.15) is 0 Å². The molecule has 0 atom stereocenters. The van der Waals surface area contributed by atoms with Gasteiger partial charge in [0, 0.05) is 23.0 Å². The number of halogens is 1. The van der Waals surface area contributed by atoms with E-state index in [4.69, 9.17) is 11.6 Å². The van der Waals surface area contributed by atoms with E-state index < -0.39 is 5.97 Å². The molecule has 1 aliphatic rings. The van der Waals surface area contributed by atoms with Crippen LogP contribution in [0.3, 0.4) is 0 Å². The summed E-state index contributed by atoms with van der Waals surface area (Å²) in [5.74, 6) is -1.15. The molecule has 2 aromatic carbocycles. The van der Waals surface area contributed by atoms with Crippen molar-refractivity contribution in [3.05, 3.63) is 80.2 Å². The Labute approximate surface area is 159 Å². The van der Waals surface area contributed by atoms with Gasteiger partial charge in [0.05, 0.1) is 27.5 Å². The predicted octanol–water partition coefficient (Wildman–Crippen LogP) is 4.08. The number of nitrogens with zero attached hydrogens (tertiary/aromatic N) is 2. The van der Waals surface area contributed by atoms with Gasteiger partial charge in [-0.3, -0.25) is 14.9 Å². The number of aromatic nitrogens is 2. The fraction of sp³-hybridized carbons (Fsp3) is 0.0500. The predicted molar refractivity (Wildman–Crippen MR) is 106 cm³/mol. The molecule has 0 fully saturated rings. The van der Waals surface area contributed by atoms with Crippen LogP contribution in [0, 0.1) is 6.92 Å².